The number of carbonyl (C=O) groups excluding carboxylic acids is 2. The average molecular weight is 314 g/mol. The van der Waals surface area contributed by atoms with Crippen molar-refractivity contribution in [2.75, 3.05) is 0 Å². The molecular weight excluding hydrogens is 293 g/mol. The Morgan fingerprint density at radius 2 is 1.76 bits per heavy atom. The first kappa shape index (κ1) is 17.6. The van der Waals surface area contributed by atoms with Crippen molar-refractivity contribution in [3.05, 3.63) is 34.1 Å². The molecule has 0 aliphatic carbocycles. The van der Waals surface area contributed by atoms with E-state index in [1.165, 1.54) is 19.1 Å². The Labute approximate surface area is 129 Å². The summed E-state index contributed by atoms with van der Waals surface area (Å²) in [6.45, 7) is 8.82. The second-order valence-corrected chi connectivity index (χ2v) is 6.22. The molecule has 0 aliphatic heterocycles. The van der Waals surface area contributed by atoms with E-state index in [-0.39, 0.29) is 23.2 Å². The van der Waals surface area contributed by atoms with E-state index in [0.717, 1.165) is 0 Å². The minimum Gasteiger partial charge on any atom is -0.342 e. The molecule has 116 valence electrons. The van der Waals surface area contributed by atoms with E-state index in [1.807, 2.05) is 27.7 Å². The van der Waals surface area contributed by atoms with E-state index in [2.05, 4.69) is 5.32 Å². The molecule has 0 aliphatic rings. The number of hydrogen-bond donors (Lipinski definition) is 1. The van der Waals surface area contributed by atoms with E-state index >= 15 is 0 Å². The summed E-state index contributed by atoms with van der Waals surface area (Å²) in [5.74, 6) is -1.43. The zero-order valence-electron chi connectivity index (χ0n) is 13.0. The summed E-state index contributed by atoms with van der Waals surface area (Å²) in [4.78, 5) is 23.7. The van der Waals surface area contributed by atoms with Crippen molar-refractivity contribution in [3.8, 4) is 0 Å². The van der Waals surface area contributed by atoms with Gasteiger partial charge in [0.1, 0.15) is 5.82 Å². The second-order valence-electron chi connectivity index (χ2n) is 5.81. The van der Waals surface area contributed by atoms with E-state index < -0.39 is 17.8 Å². The van der Waals surface area contributed by atoms with Gasteiger partial charge in [0.2, 0.25) is 0 Å². The lowest BCUT2D eigenvalue weighted by Crippen LogP contribution is -2.43. The zero-order valence-corrected chi connectivity index (χ0v) is 13.7. The van der Waals surface area contributed by atoms with Gasteiger partial charge in [0.05, 0.1) is 11.6 Å². The van der Waals surface area contributed by atoms with Gasteiger partial charge in [-0.25, -0.2) is 4.39 Å². The largest absolute Gasteiger partial charge is 0.342 e. The van der Waals surface area contributed by atoms with Crippen LogP contribution in [0.5, 0.6) is 0 Å². The number of ketones is 1. The van der Waals surface area contributed by atoms with Crippen LogP contribution in [0.15, 0.2) is 12.1 Å². The van der Waals surface area contributed by atoms with Gasteiger partial charge in [-0.05, 0) is 36.5 Å². The maximum absolute atomic E-state index is 14.1. The summed E-state index contributed by atoms with van der Waals surface area (Å²) >= 11 is 6.09. The quantitative estimate of drug-likeness (QED) is 0.894. The standard InChI is InChI=1S/C16H21ClFNO2/c1-8(2)11-7-14(18)12(6-13(11)17)16(21)19-15(9(3)4)10(5)20/h6-9,15H,1-5H3,(H,19,21). The highest BCUT2D eigenvalue weighted by Gasteiger charge is 2.23. The molecule has 1 N–H and O–H groups in total. The molecule has 0 heterocycles. The molecule has 0 fully saturated rings. The van der Waals surface area contributed by atoms with E-state index in [9.17, 15) is 14.0 Å². The van der Waals surface area contributed by atoms with Crippen LogP contribution in [-0.4, -0.2) is 17.7 Å². The van der Waals surface area contributed by atoms with Gasteiger partial charge >= 0.3 is 0 Å². The van der Waals surface area contributed by atoms with Crippen molar-refractivity contribution >= 4 is 23.3 Å². The van der Waals surface area contributed by atoms with E-state index in [0.29, 0.717) is 10.6 Å². The van der Waals surface area contributed by atoms with Gasteiger partial charge in [-0.2, -0.15) is 0 Å². The molecule has 1 aromatic carbocycles. The fraction of sp³-hybridized carbons (Fsp3) is 0.500. The number of benzene rings is 1. The third-order valence-corrected chi connectivity index (χ3v) is 3.67. The molecule has 0 spiro atoms. The zero-order chi connectivity index (χ0) is 16.3. The van der Waals surface area contributed by atoms with E-state index in [4.69, 9.17) is 11.6 Å². The second kappa shape index (κ2) is 7.03. The van der Waals surface area contributed by atoms with Crippen LogP contribution in [0.3, 0.4) is 0 Å². The van der Waals surface area contributed by atoms with Gasteiger partial charge in [0.25, 0.3) is 5.91 Å². The molecule has 1 rings (SSSR count). The first-order chi connectivity index (χ1) is 9.65. The molecule has 5 heteroatoms. The lowest BCUT2D eigenvalue weighted by atomic mass is 9.98. The van der Waals surface area contributed by atoms with Gasteiger partial charge in [-0.15, -0.1) is 0 Å². The molecule has 3 nitrogen and oxygen atoms in total. The fourth-order valence-corrected chi connectivity index (χ4v) is 2.52. The van der Waals surface area contributed by atoms with E-state index in [1.54, 1.807) is 0 Å². The highest BCUT2D eigenvalue weighted by atomic mass is 35.5. The molecule has 0 saturated carbocycles. The Bertz CT molecular complexity index is 555. The molecule has 1 unspecified atom stereocenters. The van der Waals surface area contributed by atoms with Gasteiger partial charge in [0, 0.05) is 5.02 Å². The highest BCUT2D eigenvalue weighted by Crippen LogP contribution is 2.27. The first-order valence-corrected chi connectivity index (χ1v) is 7.33. The molecule has 0 aromatic heterocycles. The number of nitrogens with one attached hydrogen (secondary N) is 1. The average Bonchev–Trinajstić information content (AvgIpc) is 2.36. The SMILES string of the molecule is CC(=O)C(NC(=O)c1cc(Cl)c(C(C)C)cc1F)C(C)C. The predicted octanol–water partition coefficient (Wildman–Crippen LogP) is 3.95. The minimum absolute atomic E-state index is 0.0599. The third kappa shape index (κ3) is 4.27. The predicted molar refractivity (Wildman–Crippen MR) is 82.3 cm³/mol. The number of amides is 1. The number of rotatable bonds is 5. The molecule has 21 heavy (non-hydrogen) atoms. The van der Waals surface area contributed by atoms with Gasteiger partial charge < -0.3 is 5.32 Å². The Morgan fingerprint density at radius 1 is 1.19 bits per heavy atom. The molecule has 1 amide bonds. The number of Topliss-reactive ketones (excluding diaryl/α,β-unsaturated/α-hetero) is 1. The molecule has 1 atom stereocenters. The number of hydrogen-bond acceptors (Lipinski definition) is 2. The van der Waals surface area contributed by atoms with Gasteiger partial charge in [-0.3, -0.25) is 9.59 Å². The third-order valence-electron chi connectivity index (χ3n) is 3.34. The van der Waals surface area contributed by atoms with Crippen molar-refractivity contribution in [3.63, 3.8) is 0 Å². The fourth-order valence-electron chi connectivity index (χ4n) is 2.14. The van der Waals surface area contributed by atoms with Crippen LogP contribution in [0.4, 0.5) is 4.39 Å². The van der Waals surface area contributed by atoms with Crippen LogP contribution in [0.1, 0.15) is 56.5 Å². The van der Waals surface area contributed by atoms with Crippen molar-refractivity contribution in [2.24, 2.45) is 5.92 Å². The lowest BCUT2D eigenvalue weighted by Gasteiger charge is -2.20. The van der Waals surface area contributed by atoms with Crippen LogP contribution < -0.4 is 5.32 Å². The summed E-state index contributed by atoms with van der Waals surface area (Å²) in [5, 5.41) is 2.91. The molecular formula is C16H21ClFNO2. The monoisotopic (exact) mass is 313 g/mol. The van der Waals surface area contributed by atoms with Crippen molar-refractivity contribution < 1.29 is 14.0 Å². The summed E-state index contributed by atoms with van der Waals surface area (Å²) in [6.07, 6.45) is 0. The first-order valence-electron chi connectivity index (χ1n) is 6.95. The van der Waals surface area contributed by atoms with Crippen molar-refractivity contribution in [1.82, 2.24) is 5.32 Å². The van der Waals surface area contributed by atoms with Crippen molar-refractivity contribution in [2.45, 2.75) is 46.6 Å². The van der Waals surface area contributed by atoms with Gasteiger partial charge in [0.15, 0.2) is 5.78 Å². The van der Waals surface area contributed by atoms with Crippen LogP contribution in [0.2, 0.25) is 5.02 Å². The molecule has 0 radical (unpaired) electrons. The molecule has 0 saturated heterocycles. The van der Waals surface area contributed by atoms with Crippen LogP contribution >= 0.6 is 11.6 Å². The Kier molecular flexibility index (Phi) is 5.90. The Morgan fingerprint density at radius 3 is 2.19 bits per heavy atom. The number of carbonyl (C=O) groups is 2. The van der Waals surface area contributed by atoms with Gasteiger partial charge in [-0.1, -0.05) is 39.3 Å². The van der Waals surface area contributed by atoms with Crippen LogP contribution in [-0.2, 0) is 4.79 Å². The summed E-state index contributed by atoms with van der Waals surface area (Å²) in [6, 6.07) is 1.96. The highest BCUT2D eigenvalue weighted by molar-refractivity contribution is 6.31. The summed E-state index contributed by atoms with van der Waals surface area (Å²) in [5.41, 5.74) is 0.508. The van der Waals surface area contributed by atoms with Crippen LogP contribution in [0.25, 0.3) is 0 Å². The molecule has 1 aromatic rings. The maximum Gasteiger partial charge on any atom is 0.254 e. The summed E-state index contributed by atoms with van der Waals surface area (Å²) < 4.78 is 14.1. The normalized spacial score (nSPS) is 12.6. The lowest BCUT2D eigenvalue weighted by molar-refractivity contribution is -0.119. The number of halogens is 2. The maximum atomic E-state index is 14.1. The summed E-state index contributed by atoms with van der Waals surface area (Å²) in [7, 11) is 0. The smallest absolute Gasteiger partial charge is 0.254 e. The Hall–Kier alpha value is -1.42. The topological polar surface area (TPSA) is 46.2 Å². The van der Waals surface area contributed by atoms with Crippen molar-refractivity contribution in [1.29, 1.82) is 0 Å². The van der Waals surface area contributed by atoms with Crippen LogP contribution in [0, 0.1) is 11.7 Å². The molecule has 0 bridgehead atoms. The Balaban J connectivity index is 3.08. The minimum atomic E-state index is -0.638.